The Morgan fingerprint density at radius 1 is 1.03 bits per heavy atom. The van der Waals surface area contributed by atoms with E-state index in [0.29, 0.717) is 34.1 Å². The normalized spacial score (nSPS) is 14.8. The Morgan fingerprint density at radius 2 is 1.87 bits per heavy atom. The van der Waals surface area contributed by atoms with Gasteiger partial charge < -0.3 is 20.0 Å². The lowest BCUT2D eigenvalue weighted by atomic mass is 10.0. The van der Waals surface area contributed by atoms with Gasteiger partial charge in [0.1, 0.15) is 11.3 Å². The number of pyridine rings is 2. The highest BCUT2D eigenvalue weighted by atomic mass is 16.4. The summed E-state index contributed by atoms with van der Waals surface area (Å²) in [5.41, 5.74) is 10.2. The van der Waals surface area contributed by atoms with Crippen molar-refractivity contribution in [3.8, 4) is 22.6 Å². The number of carbonyl (C=O) groups is 1. The van der Waals surface area contributed by atoms with Gasteiger partial charge in [0.2, 0.25) is 11.6 Å². The van der Waals surface area contributed by atoms with Crippen LogP contribution < -0.4 is 5.73 Å². The average molecular weight is 414 g/mol. The summed E-state index contributed by atoms with van der Waals surface area (Å²) < 4.78 is 5.77. The molecule has 0 atom stereocenters. The number of anilines is 1. The van der Waals surface area contributed by atoms with Crippen molar-refractivity contribution in [1.82, 2.24) is 24.8 Å². The molecule has 0 radical (unpaired) electrons. The van der Waals surface area contributed by atoms with Gasteiger partial charge in [-0.2, -0.15) is 0 Å². The second kappa shape index (κ2) is 7.81. The fourth-order valence-electron chi connectivity index (χ4n) is 3.71. The molecule has 1 aliphatic rings. The topological polar surface area (TPSA) is 101 Å². The Kier molecular flexibility index (Phi) is 4.83. The molecule has 8 heteroatoms. The van der Waals surface area contributed by atoms with Gasteiger partial charge in [0, 0.05) is 49.7 Å². The Balaban J connectivity index is 1.47. The minimum absolute atomic E-state index is 0.0450. The minimum atomic E-state index is 0.0450. The standard InChI is InChI=1S/C23H22N6O2/c1-28-8-10-29(11-9-28)23(30)16-5-2-4-15(12-16)17-13-18(20(24)26-14-17)21-27-19-6-3-7-25-22(19)31-21/h2-7,12-14H,8-11H2,1H3,(H2,24,26). The summed E-state index contributed by atoms with van der Waals surface area (Å²) in [6.45, 7) is 3.24. The van der Waals surface area contributed by atoms with Crippen molar-refractivity contribution in [3.05, 3.63) is 60.4 Å². The lowest BCUT2D eigenvalue weighted by Crippen LogP contribution is -2.47. The Bertz CT molecular complexity index is 1230. The number of piperazine rings is 1. The number of rotatable bonds is 3. The van der Waals surface area contributed by atoms with E-state index in [1.807, 2.05) is 41.3 Å². The van der Waals surface area contributed by atoms with E-state index in [0.717, 1.165) is 37.3 Å². The molecule has 2 N–H and O–H groups in total. The molecule has 4 heterocycles. The fourth-order valence-corrected chi connectivity index (χ4v) is 3.71. The maximum atomic E-state index is 13.0. The molecule has 156 valence electrons. The van der Waals surface area contributed by atoms with Gasteiger partial charge in [-0.25, -0.2) is 15.0 Å². The third kappa shape index (κ3) is 3.73. The largest absolute Gasteiger partial charge is 0.418 e. The van der Waals surface area contributed by atoms with Crippen LogP contribution in [0.4, 0.5) is 5.82 Å². The molecule has 3 aromatic heterocycles. The van der Waals surface area contributed by atoms with Crippen LogP contribution in [-0.4, -0.2) is 63.9 Å². The molecule has 0 spiro atoms. The zero-order valence-electron chi connectivity index (χ0n) is 17.2. The molecule has 31 heavy (non-hydrogen) atoms. The second-order valence-electron chi connectivity index (χ2n) is 7.68. The summed E-state index contributed by atoms with van der Waals surface area (Å²) in [7, 11) is 2.07. The van der Waals surface area contributed by atoms with Crippen LogP contribution in [0.25, 0.3) is 33.8 Å². The predicted octanol–water partition coefficient (Wildman–Crippen LogP) is 2.92. The first-order valence-corrected chi connectivity index (χ1v) is 10.1. The number of carbonyl (C=O) groups excluding carboxylic acids is 1. The van der Waals surface area contributed by atoms with Crippen molar-refractivity contribution < 1.29 is 9.21 Å². The third-order valence-corrected chi connectivity index (χ3v) is 5.55. The van der Waals surface area contributed by atoms with Gasteiger partial charge in [-0.3, -0.25) is 4.79 Å². The number of hydrogen-bond donors (Lipinski definition) is 1. The van der Waals surface area contributed by atoms with Crippen molar-refractivity contribution in [2.75, 3.05) is 39.0 Å². The number of likely N-dealkylation sites (N-methyl/N-ethyl adjacent to an activating group) is 1. The second-order valence-corrected chi connectivity index (χ2v) is 7.68. The van der Waals surface area contributed by atoms with Gasteiger partial charge in [-0.1, -0.05) is 12.1 Å². The quantitative estimate of drug-likeness (QED) is 0.550. The van der Waals surface area contributed by atoms with E-state index in [1.54, 1.807) is 18.5 Å². The minimum Gasteiger partial charge on any atom is -0.418 e. The summed E-state index contributed by atoms with van der Waals surface area (Å²) in [4.78, 5) is 30.1. The van der Waals surface area contributed by atoms with Gasteiger partial charge in [0.25, 0.3) is 5.91 Å². The van der Waals surface area contributed by atoms with Gasteiger partial charge in [0.15, 0.2) is 0 Å². The first-order chi connectivity index (χ1) is 15.1. The highest BCUT2D eigenvalue weighted by Gasteiger charge is 2.21. The molecule has 0 bridgehead atoms. The number of hydrogen-bond acceptors (Lipinski definition) is 7. The smallest absolute Gasteiger partial charge is 0.253 e. The lowest BCUT2D eigenvalue weighted by Gasteiger charge is -2.32. The van der Waals surface area contributed by atoms with E-state index >= 15 is 0 Å². The molecule has 1 fully saturated rings. The van der Waals surface area contributed by atoms with Crippen LogP contribution in [-0.2, 0) is 0 Å². The van der Waals surface area contributed by atoms with E-state index in [4.69, 9.17) is 10.2 Å². The molecule has 8 nitrogen and oxygen atoms in total. The Labute approximate surface area is 179 Å². The molecule has 1 aromatic carbocycles. The Hall–Kier alpha value is -3.78. The van der Waals surface area contributed by atoms with Crippen LogP contribution in [0, 0.1) is 0 Å². The summed E-state index contributed by atoms with van der Waals surface area (Å²) in [6, 6.07) is 13.1. The maximum Gasteiger partial charge on any atom is 0.253 e. The number of nitrogen functional groups attached to an aromatic ring is 1. The number of oxazole rings is 1. The molecular weight excluding hydrogens is 392 g/mol. The van der Waals surface area contributed by atoms with Gasteiger partial charge in [-0.05, 0) is 42.9 Å². The number of amides is 1. The highest BCUT2D eigenvalue weighted by Crippen LogP contribution is 2.31. The van der Waals surface area contributed by atoms with Gasteiger partial charge in [-0.15, -0.1) is 0 Å². The van der Waals surface area contributed by atoms with Gasteiger partial charge in [0.05, 0.1) is 5.56 Å². The van der Waals surface area contributed by atoms with Crippen LogP contribution in [0.3, 0.4) is 0 Å². The lowest BCUT2D eigenvalue weighted by molar-refractivity contribution is 0.0664. The van der Waals surface area contributed by atoms with E-state index < -0.39 is 0 Å². The number of nitrogens with two attached hydrogens (primary N) is 1. The van der Waals surface area contributed by atoms with Crippen LogP contribution in [0.15, 0.2) is 59.3 Å². The molecule has 5 rings (SSSR count). The Morgan fingerprint density at radius 3 is 2.68 bits per heavy atom. The first-order valence-electron chi connectivity index (χ1n) is 10.1. The number of fused-ring (bicyclic) bond motifs is 1. The van der Waals surface area contributed by atoms with Crippen LogP contribution in [0.2, 0.25) is 0 Å². The van der Waals surface area contributed by atoms with Crippen molar-refractivity contribution in [2.24, 2.45) is 0 Å². The fraction of sp³-hybridized carbons (Fsp3) is 0.217. The van der Waals surface area contributed by atoms with E-state index in [9.17, 15) is 4.79 Å². The number of aromatic nitrogens is 3. The zero-order valence-corrected chi connectivity index (χ0v) is 17.2. The van der Waals surface area contributed by atoms with E-state index in [2.05, 4.69) is 26.9 Å². The van der Waals surface area contributed by atoms with Crippen molar-refractivity contribution in [2.45, 2.75) is 0 Å². The average Bonchev–Trinajstić information content (AvgIpc) is 3.23. The SMILES string of the molecule is CN1CCN(C(=O)c2cccc(-c3cnc(N)c(-c4nc5cccnc5o4)c3)c2)CC1. The molecule has 4 aromatic rings. The highest BCUT2D eigenvalue weighted by molar-refractivity contribution is 5.95. The van der Waals surface area contributed by atoms with Crippen LogP contribution in [0.5, 0.6) is 0 Å². The van der Waals surface area contributed by atoms with Crippen LogP contribution >= 0.6 is 0 Å². The summed E-state index contributed by atoms with van der Waals surface area (Å²) in [6.07, 6.45) is 3.34. The number of nitrogens with zero attached hydrogens (tertiary/aromatic N) is 5. The number of benzene rings is 1. The molecular formula is C23H22N6O2. The predicted molar refractivity (Wildman–Crippen MR) is 118 cm³/mol. The maximum absolute atomic E-state index is 13.0. The monoisotopic (exact) mass is 414 g/mol. The molecule has 0 saturated carbocycles. The molecule has 1 aliphatic heterocycles. The van der Waals surface area contributed by atoms with Crippen molar-refractivity contribution in [3.63, 3.8) is 0 Å². The van der Waals surface area contributed by atoms with Crippen molar-refractivity contribution >= 4 is 23.0 Å². The zero-order chi connectivity index (χ0) is 21.4. The van der Waals surface area contributed by atoms with Gasteiger partial charge >= 0.3 is 0 Å². The van der Waals surface area contributed by atoms with Crippen LogP contribution in [0.1, 0.15) is 10.4 Å². The first kappa shape index (κ1) is 19.2. The summed E-state index contributed by atoms with van der Waals surface area (Å²) in [5, 5.41) is 0. The summed E-state index contributed by atoms with van der Waals surface area (Å²) in [5.74, 6) is 0.730. The molecule has 0 aliphatic carbocycles. The van der Waals surface area contributed by atoms with E-state index in [1.165, 1.54) is 0 Å². The third-order valence-electron chi connectivity index (χ3n) is 5.55. The molecule has 1 saturated heterocycles. The summed E-state index contributed by atoms with van der Waals surface area (Å²) >= 11 is 0. The van der Waals surface area contributed by atoms with E-state index in [-0.39, 0.29) is 5.91 Å². The molecule has 0 unspecified atom stereocenters. The molecule has 1 amide bonds. The van der Waals surface area contributed by atoms with Crippen molar-refractivity contribution in [1.29, 1.82) is 0 Å².